The summed E-state index contributed by atoms with van der Waals surface area (Å²) >= 11 is 0. The van der Waals surface area contributed by atoms with Gasteiger partial charge in [-0.3, -0.25) is 4.98 Å². The van der Waals surface area contributed by atoms with Crippen LogP contribution in [0.4, 0.5) is 8.78 Å². The lowest BCUT2D eigenvalue weighted by Crippen LogP contribution is -2.40. The molecule has 0 radical (unpaired) electrons. The van der Waals surface area contributed by atoms with E-state index in [-0.39, 0.29) is 5.92 Å². The first-order valence-corrected chi connectivity index (χ1v) is 5.61. The second-order valence-electron chi connectivity index (χ2n) is 4.51. The van der Waals surface area contributed by atoms with Crippen LogP contribution in [-0.2, 0) is 5.67 Å². The minimum atomic E-state index is -1.51. The fourth-order valence-corrected chi connectivity index (χ4v) is 2.23. The molecule has 2 rings (SSSR count). The number of pyridine rings is 1. The van der Waals surface area contributed by atoms with Crippen LogP contribution in [0.2, 0.25) is 0 Å². The molecular weight excluding hydrogens is 210 g/mol. The number of hydrogen-bond acceptors (Lipinski definition) is 2. The Bertz CT molecular complexity index is 360. The predicted molar refractivity (Wildman–Crippen MR) is 58.2 cm³/mol. The lowest BCUT2D eigenvalue weighted by Gasteiger charge is -2.33. The van der Waals surface area contributed by atoms with E-state index in [0.29, 0.717) is 12.1 Å². The third kappa shape index (κ3) is 2.21. The van der Waals surface area contributed by atoms with Gasteiger partial charge in [-0.2, -0.15) is 0 Å². The lowest BCUT2D eigenvalue weighted by molar-refractivity contribution is 0.0804. The zero-order valence-electron chi connectivity index (χ0n) is 9.34. The number of halogens is 2. The van der Waals surface area contributed by atoms with E-state index in [4.69, 9.17) is 0 Å². The second kappa shape index (κ2) is 4.45. The van der Waals surface area contributed by atoms with Gasteiger partial charge in [0.1, 0.15) is 11.5 Å². The zero-order valence-corrected chi connectivity index (χ0v) is 9.34. The van der Waals surface area contributed by atoms with Crippen LogP contribution in [0.3, 0.4) is 0 Å². The van der Waals surface area contributed by atoms with Crippen LogP contribution in [0.5, 0.6) is 0 Å². The standard InChI is InChI=1S/C12H16F2N2/c1-12(14,9-3-2-4-15-6-9)10-5-11(13)8-16-7-10/h5,7-9,15H,2-4,6H2,1H3. The Morgan fingerprint density at radius 2 is 2.31 bits per heavy atom. The highest BCUT2D eigenvalue weighted by atomic mass is 19.1. The highest BCUT2D eigenvalue weighted by molar-refractivity contribution is 5.19. The maximum atomic E-state index is 14.6. The summed E-state index contributed by atoms with van der Waals surface area (Å²) in [5.41, 5.74) is -1.18. The van der Waals surface area contributed by atoms with E-state index in [1.807, 2.05) is 0 Å². The van der Waals surface area contributed by atoms with Crippen molar-refractivity contribution in [3.8, 4) is 0 Å². The van der Waals surface area contributed by atoms with E-state index in [2.05, 4.69) is 10.3 Å². The third-order valence-corrected chi connectivity index (χ3v) is 3.33. The molecule has 2 nitrogen and oxygen atoms in total. The van der Waals surface area contributed by atoms with Crippen LogP contribution in [0.25, 0.3) is 0 Å². The van der Waals surface area contributed by atoms with Crippen molar-refractivity contribution in [2.24, 2.45) is 5.92 Å². The van der Waals surface area contributed by atoms with E-state index >= 15 is 0 Å². The van der Waals surface area contributed by atoms with Gasteiger partial charge >= 0.3 is 0 Å². The minimum absolute atomic E-state index is 0.107. The Labute approximate surface area is 94.1 Å². The molecule has 16 heavy (non-hydrogen) atoms. The predicted octanol–water partition coefficient (Wildman–Crippen LogP) is 2.41. The first kappa shape index (κ1) is 11.5. The summed E-state index contributed by atoms with van der Waals surface area (Å²) in [6.45, 7) is 3.10. The summed E-state index contributed by atoms with van der Waals surface area (Å²) in [5.74, 6) is -0.588. The molecule has 1 aromatic rings. The molecule has 4 heteroatoms. The Morgan fingerprint density at radius 1 is 1.50 bits per heavy atom. The van der Waals surface area contributed by atoms with Crippen molar-refractivity contribution in [3.05, 3.63) is 29.8 Å². The van der Waals surface area contributed by atoms with E-state index in [0.717, 1.165) is 25.6 Å². The average molecular weight is 226 g/mol. The molecule has 88 valence electrons. The average Bonchev–Trinajstić information content (AvgIpc) is 2.30. The van der Waals surface area contributed by atoms with Crippen molar-refractivity contribution in [1.82, 2.24) is 10.3 Å². The normalized spacial score (nSPS) is 25.1. The summed E-state index contributed by atoms with van der Waals surface area (Å²) in [6.07, 6.45) is 4.31. The zero-order chi connectivity index (χ0) is 11.6. The molecule has 0 aliphatic carbocycles. The van der Waals surface area contributed by atoms with Crippen LogP contribution in [0, 0.1) is 11.7 Å². The van der Waals surface area contributed by atoms with Gasteiger partial charge in [0.15, 0.2) is 0 Å². The van der Waals surface area contributed by atoms with Gasteiger partial charge in [0.25, 0.3) is 0 Å². The Balaban J connectivity index is 2.22. The monoisotopic (exact) mass is 226 g/mol. The smallest absolute Gasteiger partial charge is 0.141 e. The maximum Gasteiger partial charge on any atom is 0.141 e. The van der Waals surface area contributed by atoms with Gasteiger partial charge in [0.2, 0.25) is 0 Å². The van der Waals surface area contributed by atoms with Crippen LogP contribution < -0.4 is 5.32 Å². The summed E-state index contributed by atoms with van der Waals surface area (Å²) in [4.78, 5) is 3.71. The van der Waals surface area contributed by atoms with E-state index in [9.17, 15) is 8.78 Å². The van der Waals surface area contributed by atoms with Crippen molar-refractivity contribution in [2.75, 3.05) is 13.1 Å². The van der Waals surface area contributed by atoms with Gasteiger partial charge < -0.3 is 5.32 Å². The van der Waals surface area contributed by atoms with Gasteiger partial charge in [-0.1, -0.05) is 0 Å². The maximum absolute atomic E-state index is 14.6. The third-order valence-electron chi connectivity index (χ3n) is 3.33. The quantitative estimate of drug-likeness (QED) is 0.837. The summed E-state index contributed by atoms with van der Waals surface area (Å²) in [6, 6.07) is 1.24. The van der Waals surface area contributed by atoms with Crippen LogP contribution >= 0.6 is 0 Å². The van der Waals surface area contributed by atoms with Crippen molar-refractivity contribution < 1.29 is 8.78 Å². The largest absolute Gasteiger partial charge is 0.316 e. The molecule has 1 N–H and O–H groups in total. The van der Waals surface area contributed by atoms with Crippen LogP contribution in [0.15, 0.2) is 18.5 Å². The van der Waals surface area contributed by atoms with Gasteiger partial charge in [0.05, 0.1) is 6.20 Å². The number of hydrogen-bond donors (Lipinski definition) is 1. The fourth-order valence-electron chi connectivity index (χ4n) is 2.23. The number of nitrogens with one attached hydrogen (secondary N) is 1. The molecule has 1 aliphatic rings. The van der Waals surface area contributed by atoms with Gasteiger partial charge in [0, 0.05) is 24.2 Å². The molecule has 0 aromatic carbocycles. The molecular formula is C12H16F2N2. The minimum Gasteiger partial charge on any atom is -0.316 e. The van der Waals surface area contributed by atoms with Gasteiger partial charge in [-0.25, -0.2) is 8.78 Å². The number of nitrogens with zero attached hydrogens (tertiary/aromatic N) is 1. The van der Waals surface area contributed by atoms with E-state index < -0.39 is 11.5 Å². The molecule has 2 atom stereocenters. The summed E-state index contributed by atoms with van der Waals surface area (Å²) in [5, 5.41) is 3.17. The Morgan fingerprint density at radius 3 is 2.94 bits per heavy atom. The summed E-state index contributed by atoms with van der Waals surface area (Å²) in [7, 11) is 0. The fraction of sp³-hybridized carbons (Fsp3) is 0.583. The highest BCUT2D eigenvalue weighted by Gasteiger charge is 2.37. The number of alkyl halides is 1. The topological polar surface area (TPSA) is 24.9 Å². The van der Waals surface area contributed by atoms with E-state index in [1.165, 1.54) is 19.2 Å². The first-order chi connectivity index (χ1) is 7.60. The molecule has 0 saturated carbocycles. The summed E-state index contributed by atoms with van der Waals surface area (Å²) < 4.78 is 27.7. The molecule has 0 bridgehead atoms. The molecule has 2 heterocycles. The first-order valence-electron chi connectivity index (χ1n) is 5.61. The van der Waals surface area contributed by atoms with Gasteiger partial charge in [-0.15, -0.1) is 0 Å². The molecule has 1 aliphatic heterocycles. The molecule has 0 spiro atoms. The van der Waals surface area contributed by atoms with E-state index in [1.54, 1.807) is 0 Å². The highest BCUT2D eigenvalue weighted by Crippen LogP contribution is 2.37. The Kier molecular flexibility index (Phi) is 3.19. The lowest BCUT2D eigenvalue weighted by atomic mass is 9.81. The van der Waals surface area contributed by atoms with Crippen molar-refractivity contribution in [2.45, 2.75) is 25.4 Å². The molecule has 0 amide bonds. The van der Waals surface area contributed by atoms with Crippen LogP contribution in [0.1, 0.15) is 25.3 Å². The molecule has 1 saturated heterocycles. The van der Waals surface area contributed by atoms with Crippen molar-refractivity contribution in [3.63, 3.8) is 0 Å². The molecule has 1 fully saturated rings. The SMILES string of the molecule is CC(F)(c1cncc(F)c1)C1CCCNC1. The van der Waals surface area contributed by atoms with Crippen LogP contribution in [-0.4, -0.2) is 18.1 Å². The molecule has 2 unspecified atom stereocenters. The van der Waals surface area contributed by atoms with Crippen molar-refractivity contribution >= 4 is 0 Å². The number of piperidine rings is 1. The van der Waals surface area contributed by atoms with Crippen molar-refractivity contribution in [1.29, 1.82) is 0 Å². The second-order valence-corrected chi connectivity index (χ2v) is 4.51. The Hall–Kier alpha value is -1.03. The number of rotatable bonds is 2. The molecule has 1 aromatic heterocycles. The van der Waals surface area contributed by atoms with Gasteiger partial charge in [-0.05, 0) is 32.4 Å². The number of aromatic nitrogens is 1.